The van der Waals surface area contributed by atoms with Crippen molar-refractivity contribution in [2.45, 2.75) is 46.5 Å². The fourth-order valence-electron chi connectivity index (χ4n) is 3.81. The number of aryl methyl sites for hydroxylation is 1. The molecule has 0 spiro atoms. The van der Waals surface area contributed by atoms with Crippen LogP contribution in [0.4, 0.5) is 0 Å². The highest BCUT2D eigenvalue weighted by molar-refractivity contribution is 7.56. The van der Waals surface area contributed by atoms with Gasteiger partial charge in [-0.1, -0.05) is 84.8 Å². The average molecular weight is 407 g/mol. The number of para-hydroxylation sites is 1. The number of ether oxygens (including phenoxy) is 1. The van der Waals surface area contributed by atoms with Crippen LogP contribution in [0.25, 0.3) is 11.1 Å². The van der Waals surface area contributed by atoms with E-state index in [1.165, 1.54) is 22.3 Å². The molecule has 0 saturated carbocycles. The molecular formula is C26H31O2P. The molecule has 0 aromatic heterocycles. The Labute approximate surface area is 176 Å². The Morgan fingerprint density at radius 1 is 0.828 bits per heavy atom. The molecule has 0 heterocycles. The van der Waals surface area contributed by atoms with E-state index >= 15 is 0 Å². The number of hydrogen-bond acceptors (Lipinski definition) is 2. The highest BCUT2D eigenvalue weighted by atomic mass is 31.1. The van der Waals surface area contributed by atoms with Crippen molar-refractivity contribution in [3.8, 4) is 22.6 Å². The Kier molecular flexibility index (Phi) is 6.65. The fraction of sp³-hybridized carbons (Fsp3) is 0.308. The second-order valence-corrected chi connectivity index (χ2v) is 9.39. The van der Waals surface area contributed by atoms with Crippen LogP contribution in [-0.4, -0.2) is 12.2 Å². The fourth-order valence-corrected chi connectivity index (χ4v) is 5.11. The molecule has 3 rings (SSSR count). The zero-order valence-corrected chi connectivity index (χ0v) is 19.2. The van der Waals surface area contributed by atoms with Gasteiger partial charge in [0.15, 0.2) is 0 Å². The minimum atomic E-state index is 0.329. The number of aromatic hydroxyl groups is 1. The van der Waals surface area contributed by atoms with Crippen LogP contribution in [0.3, 0.4) is 0 Å². The maximum absolute atomic E-state index is 11.3. The molecule has 152 valence electrons. The van der Waals surface area contributed by atoms with Gasteiger partial charge in [-0.15, -0.1) is 0 Å². The third-order valence-electron chi connectivity index (χ3n) is 5.39. The standard InChI is InChI=1S/C26H31O2P/c1-16(2)19-11-8-12-20(17(3)4)24(19)21-13-9-15-23(25(21)27)29-26-18(5)10-7-14-22(26)28-6/h7-17,27,29H,1-6H3. The summed E-state index contributed by atoms with van der Waals surface area (Å²) in [5, 5.41) is 13.4. The largest absolute Gasteiger partial charge is 0.507 e. The molecule has 0 radical (unpaired) electrons. The second-order valence-electron chi connectivity index (χ2n) is 8.10. The Hall–Kier alpha value is -2.31. The summed E-state index contributed by atoms with van der Waals surface area (Å²) < 4.78 is 5.58. The van der Waals surface area contributed by atoms with Gasteiger partial charge >= 0.3 is 0 Å². The van der Waals surface area contributed by atoms with Gasteiger partial charge in [-0.05, 0) is 47.1 Å². The maximum Gasteiger partial charge on any atom is 0.131 e. The zero-order chi connectivity index (χ0) is 21.1. The smallest absolute Gasteiger partial charge is 0.131 e. The lowest BCUT2D eigenvalue weighted by atomic mass is 9.85. The highest BCUT2D eigenvalue weighted by Gasteiger charge is 2.20. The molecule has 0 saturated heterocycles. The molecule has 0 aliphatic rings. The van der Waals surface area contributed by atoms with Gasteiger partial charge in [0.1, 0.15) is 11.5 Å². The molecule has 0 aliphatic carbocycles. The number of phenolic OH excluding ortho intramolecular Hbond substituents is 1. The molecule has 3 heteroatoms. The van der Waals surface area contributed by atoms with Gasteiger partial charge in [-0.3, -0.25) is 0 Å². The predicted octanol–water partition coefficient (Wildman–Crippen LogP) is 6.25. The Balaban J connectivity index is 2.17. The normalized spacial score (nSPS) is 11.7. The van der Waals surface area contributed by atoms with Gasteiger partial charge in [-0.25, -0.2) is 0 Å². The van der Waals surface area contributed by atoms with Gasteiger partial charge in [0, 0.05) is 16.2 Å². The van der Waals surface area contributed by atoms with E-state index < -0.39 is 0 Å². The minimum Gasteiger partial charge on any atom is -0.507 e. The minimum absolute atomic E-state index is 0.329. The maximum atomic E-state index is 11.3. The van der Waals surface area contributed by atoms with Crippen molar-refractivity contribution >= 4 is 19.2 Å². The number of methoxy groups -OCH3 is 1. The molecule has 3 aromatic rings. The predicted molar refractivity (Wildman–Crippen MR) is 127 cm³/mol. The van der Waals surface area contributed by atoms with Crippen molar-refractivity contribution in [2.24, 2.45) is 0 Å². The first-order valence-corrected chi connectivity index (χ1v) is 11.2. The van der Waals surface area contributed by atoms with Crippen LogP contribution < -0.4 is 15.3 Å². The Bertz CT molecular complexity index is 979. The zero-order valence-electron chi connectivity index (χ0n) is 18.2. The molecule has 1 atom stereocenters. The Morgan fingerprint density at radius 3 is 2.00 bits per heavy atom. The molecule has 3 aromatic carbocycles. The van der Waals surface area contributed by atoms with Gasteiger partial charge in [0.2, 0.25) is 0 Å². The van der Waals surface area contributed by atoms with Crippen LogP contribution >= 0.6 is 8.58 Å². The van der Waals surface area contributed by atoms with E-state index in [-0.39, 0.29) is 0 Å². The molecule has 2 nitrogen and oxygen atoms in total. The Morgan fingerprint density at radius 2 is 1.41 bits per heavy atom. The van der Waals surface area contributed by atoms with E-state index in [1.54, 1.807) is 7.11 Å². The topological polar surface area (TPSA) is 29.5 Å². The second kappa shape index (κ2) is 9.01. The summed E-state index contributed by atoms with van der Waals surface area (Å²) in [6.45, 7) is 10.9. The summed E-state index contributed by atoms with van der Waals surface area (Å²) in [6.07, 6.45) is 0. The van der Waals surface area contributed by atoms with Gasteiger partial charge in [-0.2, -0.15) is 0 Å². The van der Waals surface area contributed by atoms with E-state index in [0.29, 0.717) is 26.2 Å². The quantitative estimate of drug-likeness (QED) is 0.490. The van der Waals surface area contributed by atoms with E-state index in [1.807, 2.05) is 24.3 Å². The van der Waals surface area contributed by atoms with E-state index in [9.17, 15) is 5.11 Å². The van der Waals surface area contributed by atoms with Crippen molar-refractivity contribution in [3.05, 3.63) is 71.3 Å². The lowest BCUT2D eigenvalue weighted by Gasteiger charge is -2.22. The molecule has 0 aliphatic heterocycles. The third-order valence-corrected chi connectivity index (χ3v) is 6.96. The van der Waals surface area contributed by atoms with E-state index in [2.05, 4.69) is 65.0 Å². The highest BCUT2D eigenvalue weighted by Crippen LogP contribution is 2.40. The van der Waals surface area contributed by atoms with Gasteiger partial charge in [0.05, 0.1) is 7.11 Å². The first kappa shape index (κ1) is 21.4. The molecule has 29 heavy (non-hydrogen) atoms. The summed E-state index contributed by atoms with van der Waals surface area (Å²) in [6, 6.07) is 18.7. The number of phenols is 1. The van der Waals surface area contributed by atoms with Crippen molar-refractivity contribution in [1.29, 1.82) is 0 Å². The molecule has 0 amide bonds. The summed E-state index contributed by atoms with van der Waals surface area (Å²) in [5.74, 6) is 2.01. The number of rotatable bonds is 6. The molecule has 0 bridgehead atoms. The van der Waals surface area contributed by atoms with Crippen molar-refractivity contribution in [3.63, 3.8) is 0 Å². The number of hydrogen-bond donors (Lipinski definition) is 1. The first-order chi connectivity index (χ1) is 13.8. The summed E-state index contributed by atoms with van der Waals surface area (Å²) >= 11 is 0. The lowest BCUT2D eigenvalue weighted by molar-refractivity contribution is 0.418. The summed E-state index contributed by atoms with van der Waals surface area (Å²) in [5.41, 5.74) is 5.84. The van der Waals surface area contributed by atoms with Crippen molar-refractivity contribution in [2.75, 3.05) is 7.11 Å². The SMILES string of the molecule is COc1cccc(C)c1Pc1cccc(-c2c(C(C)C)cccc2C(C)C)c1O. The molecule has 0 fully saturated rings. The van der Waals surface area contributed by atoms with Gasteiger partial charge in [0.25, 0.3) is 0 Å². The third kappa shape index (κ3) is 4.33. The molecular weight excluding hydrogens is 375 g/mol. The lowest BCUT2D eigenvalue weighted by Crippen LogP contribution is -2.11. The van der Waals surface area contributed by atoms with E-state index in [4.69, 9.17) is 4.74 Å². The number of benzene rings is 3. The average Bonchev–Trinajstić information content (AvgIpc) is 2.70. The van der Waals surface area contributed by atoms with Gasteiger partial charge < -0.3 is 9.84 Å². The summed E-state index contributed by atoms with van der Waals surface area (Å²) in [4.78, 5) is 0. The molecule has 1 unspecified atom stereocenters. The van der Waals surface area contributed by atoms with Crippen LogP contribution in [0.15, 0.2) is 54.6 Å². The van der Waals surface area contributed by atoms with Crippen LogP contribution in [0.5, 0.6) is 11.5 Å². The van der Waals surface area contributed by atoms with Crippen LogP contribution in [-0.2, 0) is 0 Å². The summed E-state index contributed by atoms with van der Waals surface area (Å²) in [7, 11) is 2.03. The van der Waals surface area contributed by atoms with Crippen molar-refractivity contribution < 1.29 is 9.84 Å². The molecule has 1 N–H and O–H groups in total. The first-order valence-electron chi connectivity index (χ1n) is 10.2. The van der Waals surface area contributed by atoms with E-state index in [0.717, 1.165) is 21.9 Å². The van der Waals surface area contributed by atoms with Crippen molar-refractivity contribution in [1.82, 2.24) is 0 Å². The van der Waals surface area contributed by atoms with Crippen LogP contribution in [0.1, 0.15) is 56.2 Å². The van der Waals surface area contributed by atoms with Crippen LogP contribution in [0, 0.1) is 6.92 Å². The monoisotopic (exact) mass is 406 g/mol. The van der Waals surface area contributed by atoms with Crippen LogP contribution in [0.2, 0.25) is 0 Å².